The van der Waals surface area contributed by atoms with Gasteiger partial charge in [-0.15, -0.1) is 0 Å². The third-order valence-corrected chi connectivity index (χ3v) is 0.363. The third kappa shape index (κ3) is 3.23. The molecule has 0 spiro atoms. The standard InChI is InChI=1S/C5H6N/c1-2-3-4-5-6/h2-4H,1H3/b4-3+. The number of nitriles is 1. The predicted molar refractivity (Wildman–Crippen MR) is 24.7 cm³/mol. The first-order valence-electron chi connectivity index (χ1n) is 1.76. The molecule has 0 heterocycles. The van der Waals surface area contributed by atoms with Gasteiger partial charge in [-0.05, 0) is 6.42 Å². The average molecular weight is 80.1 g/mol. The zero-order valence-electron chi connectivity index (χ0n) is 3.68. The summed E-state index contributed by atoms with van der Waals surface area (Å²) in [4.78, 5) is 0. The van der Waals surface area contributed by atoms with Crippen molar-refractivity contribution in [3.8, 4) is 6.07 Å². The van der Waals surface area contributed by atoms with Crippen LogP contribution < -0.4 is 0 Å². The Hall–Kier alpha value is -0.770. The van der Waals surface area contributed by atoms with Crippen LogP contribution in [0, 0.1) is 17.8 Å². The molecule has 0 aromatic rings. The zero-order valence-corrected chi connectivity index (χ0v) is 3.68. The van der Waals surface area contributed by atoms with Crippen LogP contribution in [0.2, 0.25) is 0 Å². The van der Waals surface area contributed by atoms with Crippen LogP contribution in [-0.4, -0.2) is 0 Å². The fourth-order valence-electron chi connectivity index (χ4n) is 0.139. The first kappa shape index (κ1) is 5.23. The van der Waals surface area contributed by atoms with Gasteiger partial charge in [-0.1, -0.05) is 13.0 Å². The maximum atomic E-state index is 7.84. The molecule has 0 aromatic heterocycles. The van der Waals surface area contributed by atoms with E-state index in [0.717, 1.165) is 0 Å². The minimum Gasteiger partial charge on any atom is -0.193 e. The van der Waals surface area contributed by atoms with Crippen LogP contribution in [0.1, 0.15) is 6.92 Å². The van der Waals surface area contributed by atoms with E-state index in [1.54, 1.807) is 6.08 Å². The van der Waals surface area contributed by atoms with Crippen LogP contribution in [-0.2, 0) is 0 Å². The van der Waals surface area contributed by atoms with Crippen molar-refractivity contribution < 1.29 is 0 Å². The monoisotopic (exact) mass is 80.1 g/mol. The molecule has 0 N–H and O–H groups in total. The van der Waals surface area contributed by atoms with E-state index in [2.05, 4.69) is 0 Å². The molecule has 0 aliphatic heterocycles. The van der Waals surface area contributed by atoms with Gasteiger partial charge in [0.2, 0.25) is 0 Å². The highest BCUT2D eigenvalue weighted by molar-refractivity contribution is 5.05. The summed E-state index contributed by atoms with van der Waals surface area (Å²) < 4.78 is 0. The minimum atomic E-state index is 1.43. The average Bonchev–Trinajstić information content (AvgIpc) is 1.61. The lowest BCUT2D eigenvalue weighted by Gasteiger charge is -1.62. The molecule has 0 saturated heterocycles. The van der Waals surface area contributed by atoms with E-state index in [1.807, 2.05) is 19.4 Å². The lowest BCUT2D eigenvalue weighted by Crippen LogP contribution is -1.48. The normalized spacial score (nSPS) is 8.67. The molecule has 0 aliphatic carbocycles. The Morgan fingerprint density at radius 2 is 2.33 bits per heavy atom. The van der Waals surface area contributed by atoms with Crippen LogP contribution in [0.4, 0.5) is 0 Å². The van der Waals surface area contributed by atoms with Gasteiger partial charge in [0, 0.05) is 6.08 Å². The second kappa shape index (κ2) is 4.23. The van der Waals surface area contributed by atoms with Crippen molar-refractivity contribution in [3.05, 3.63) is 18.6 Å². The maximum absolute atomic E-state index is 7.84. The zero-order chi connectivity index (χ0) is 4.83. The van der Waals surface area contributed by atoms with Crippen molar-refractivity contribution >= 4 is 0 Å². The number of hydrogen-bond acceptors (Lipinski definition) is 1. The molecule has 0 bridgehead atoms. The molecule has 1 heteroatoms. The van der Waals surface area contributed by atoms with Crippen molar-refractivity contribution in [2.24, 2.45) is 0 Å². The van der Waals surface area contributed by atoms with E-state index < -0.39 is 0 Å². The van der Waals surface area contributed by atoms with Crippen molar-refractivity contribution in [2.45, 2.75) is 6.92 Å². The smallest absolute Gasteiger partial charge is 0.0908 e. The van der Waals surface area contributed by atoms with E-state index in [0.29, 0.717) is 0 Å². The van der Waals surface area contributed by atoms with Crippen molar-refractivity contribution in [3.63, 3.8) is 0 Å². The number of hydrogen-bond donors (Lipinski definition) is 0. The van der Waals surface area contributed by atoms with Gasteiger partial charge >= 0.3 is 0 Å². The SMILES string of the molecule is C[CH]/C=C/C#N. The molecule has 31 valence electrons. The highest BCUT2D eigenvalue weighted by Gasteiger charge is 1.58. The van der Waals surface area contributed by atoms with Gasteiger partial charge in [-0.25, -0.2) is 0 Å². The lowest BCUT2D eigenvalue weighted by atomic mass is 10.4. The van der Waals surface area contributed by atoms with Gasteiger partial charge in [-0.2, -0.15) is 5.26 Å². The molecule has 1 radical (unpaired) electrons. The fourth-order valence-corrected chi connectivity index (χ4v) is 0.139. The van der Waals surface area contributed by atoms with Crippen LogP contribution >= 0.6 is 0 Å². The van der Waals surface area contributed by atoms with Gasteiger partial charge < -0.3 is 0 Å². The molecular weight excluding hydrogens is 74.1 g/mol. The Bertz CT molecular complexity index is 76.4. The Morgan fingerprint density at radius 1 is 1.67 bits per heavy atom. The highest BCUT2D eigenvalue weighted by atomic mass is 14.2. The molecule has 0 fully saturated rings. The molecule has 0 amide bonds. The Morgan fingerprint density at radius 3 is 2.50 bits per heavy atom. The van der Waals surface area contributed by atoms with E-state index in [4.69, 9.17) is 5.26 Å². The van der Waals surface area contributed by atoms with Crippen molar-refractivity contribution in [2.75, 3.05) is 0 Å². The molecule has 0 rings (SSSR count). The summed E-state index contributed by atoms with van der Waals surface area (Å²) >= 11 is 0. The van der Waals surface area contributed by atoms with E-state index in [-0.39, 0.29) is 0 Å². The van der Waals surface area contributed by atoms with Gasteiger partial charge in [0.25, 0.3) is 0 Å². The number of rotatable bonds is 1. The van der Waals surface area contributed by atoms with Crippen LogP contribution in [0.25, 0.3) is 0 Å². The Kier molecular flexibility index (Phi) is 3.69. The second-order valence-electron chi connectivity index (χ2n) is 0.822. The second-order valence-corrected chi connectivity index (χ2v) is 0.822. The van der Waals surface area contributed by atoms with E-state index >= 15 is 0 Å². The Balaban J connectivity index is 3.02. The summed E-state index contributed by atoms with van der Waals surface area (Å²) in [7, 11) is 0. The van der Waals surface area contributed by atoms with Gasteiger partial charge in [-0.3, -0.25) is 0 Å². The van der Waals surface area contributed by atoms with Crippen LogP contribution in [0.3, 0.4) is 0 Å². The maximum Gasteiger partial charge on any atom is 0.0908 e. The molecule has 0 aromatic carbocycles. The first-order valence-corrected chi connectivity index (χ1v) is 1.76. The summed E-state index contributed by atoms with van der Waals surface area (Å²) in [5.41, 5.74) is 0. The van der Waals surface area contributed by atoms with Crippen molar-refractivity contribution in [1.82, 2.24) is 0 Å². The third-order valence-electron chi connectivity index (χ3n) is 0.363. The molecule has 6 heavy (non-hydrogen) atoms. The summed E-state index contributed by atoms with van der Waals surface area (Å²) in [6, 6.07) is 1.86. The summed E-state index contributed by atoms with van der Waals surface area (Å²) in [5, 5.41) is 7.84. The Labute approximate surface area is 37.9 Å². The minimum absolute atomic E-state index is 1.43. The molecule has 0 atom stereocenters. The van der Waals surface area contributed by atoms with Gasteiger partial charge in [0.05, 0.1) is 6.07 Å². The molecule has 0 unspecified atom stereocenters. The summed E-state index contributed by atoms with van der Waals surface area (Å²) in [6.07, 6.45) is 4.93. The fraction of sp³-hybridized carbons (Fsp3) is 0.200. The first-order chi connectivity index (χ1) is 2.91. The van der Waals surface area contributed by atoms with Crippen molar-refractivity contribution in [1.29, 1.82) is 5.26 Å². The predicted octanol–water partition coefficient (Wildman–Crippen LogP) is 1.29. The summed E-state index contributed by atoms with van der Waals surface area (Å²) in [5.74, 6) is 0. The van der Waals surface area contributed by atoms with E-state index in [1.165, 1.54) is 6.08 Å². The summed E-state index contributed by atoms with van der Waals surface area (Å²) in [6.45, 7) is 1.87. The van der Waals surface area contributed by atoms with Gasteiger partial charge in [0.1, 0.15) is 0 Å². The highest BCUT2D eigenvalue weighted by Crippen LogP contribution is 1.72. The van der Waals surface area contributed by atoms with E-state index in [9.17, 15) is 0 Å². The van der Waals surface area contributed by atoms with Crippen LogP contribution in [0.15, 0.2) is 12.2 Å². The molecular formula is C5H6N. The van der Waals surface area contributed by atoms with Gasteiger partial charge in [0.15, 0.2) is 0 Å². The topological polar surface area (TPSA) is 23.8 Å². The lowest BCUT2D eigenvalue weighted by molar-refractivity contribution is 1.51. The largest absolute Gasteiger partial charge is 0.193 e. The molecule has 1 nitrogen and oxygen atoms in total. The number of nitrogens with zero attached hydrogens (tertiary/aromatic N) is 1. The van der Waals surface area contributed by atoms with Crippen LogP contribution in [0.5, 0.6) is 0 Å². The molecule has 0 saturated carbocycles. The quantitative estimate of drug-likeness (QED) is 0.435. The number of allylic oxidation sites excluding steroid dienone is 2. The molecule has 0 aliphatic rings.